The van der Waals surface area contributed by atoms with E-state index in [1.807, 2.05) is 61.5 Å². The first-order valence-corrected chi connectivity index (χ1v) is 8.44. The molecule has 0 unspecified atom stereocenters. The van der Waals surface area contributed by atoms with Gasteiger partial charge >= 0.3 is 0 Å². The number of hydrogen-bond acceptors (Lipinski definition) is 5. The third-order valence-electron chi connectivity index (χ3n) is 3.19. The van der Waals surface area contributed by atoms with Gasteiger partial charge in [-0.2, -0.15) is 0 Å². The second-order valence-electron chi connectivity index (χ2n) is 4.94. The van der Waals surface area contributed by atoms with Gasteiger partial charge in [-0.25, -0.2) is 4.98 Å². The third-order valence-corrected chi connectivity index (χ3v) is 3.94. The summed E-state index contributed by atoms with van der Waals surface area (Å²) in [5.74, 6) is 0.599. The minimum atomic E-state index is -0.225. The molecule has 0 aliphatic heterocycles. The number of ether oxygens (including phenoxy) is 1. The van der Waals surface area contributed by atoms with Crippen LogP contribution in [-0.2, 0) is 0 Å². The van der Waals surface area contributed by atoms with Gasteiger partial charge in [-0.3, -0.25) is 4.79 Å². The Kier molecular flexibility index (Phi) is 5.08. The van der Waals surface area contributed by atoms with Crippen molar-refractivity contribution in [3.8, 4) is 5.75 Å². The molecule has 1 heterocycles. The number of para-hydroxylation sites is 1. The predicted molar refractivity (Wildman–Crippen MR) is 97.4 cm³/mol. The number of carbonyl (C=O) groups excluding carboxylic acids is 1. The molecule has 2 N–H and O–H groups in total. The molecule has 0 spiro atoms. The van der Waals surface area contributed by atoms with Crippen molar-refractivity contribution in [1.82, 2.24) is 4.98 Å². The van der Waals surface area contributed by atoms with Gasteiger partial charge in [0.15, 0.2) is 5.13 Å². The van der Waals surface area contributed by atoms with E-state index in [0.717, 1.165) is 17.1 Å². The standard InChI is InChI=1S/C18H17N3O2S/c1-2-23-15-10-8-14(9-11-15)20-18-21-16(12-24-18)17(22)19-13-6-4-3-5-7-13/h3-12H,2H2,1H3,(H,19,22)(H,20,21). The molecule has 0 aliphatic rings. The lowest BCUT2D eigenvalue weighted by Crippen LogP contribution is -2.12. The maximum atomic E-state index is 12.2. The lowest BCUT2D eigenvalue weighted by atomic mass is 10.3. The van der Waals surface area contributed by atoms with Crippen molar-refractivity contribution in [2.75, 3.05) is 17.2 Å². The molecule has 3 rings (SSSR count). The van der Waals surface area contributed by atoms with Crippen molar-refractivity contribution in [3.63, 3.8) is 0 Å². The molecule has 2 aromatic carbocycles. The molecule has 1 aromatic heterocycles. The summed E-state index contributed by atoms with van der Waals surface area (Å²) < 4.78 is 5.41. The molecule has 0 radical (unpaired) electrons. The first kappa shape index (κ1) is 16.0. The van der Waals surface area contributed by atoms with Gasteiger partial charge in [-0.1, -0.05) is 18.2 Å². The molecule has 122 valence electrons. The molecule has 0 saturated carbocycles. The van der Waals surface area contributed by atoms with E-state index in [0.29, 0.717) is 17.4 Å². The van der Waals surface area contributed by atoms with Crippen molar-refractivity contribution in [2.45, 2.75) is 6.92 Å². The molecule has 5 nitrogen and oxygen atoms in total. The van der Waals surface area contributed by atoms with Crippen LogP contribution in [0.4, 0.5) is 16.5 Å². The molecule has 0 atom stereocenters. The number of nitrogens with one attached hydrogen (secondary N) is 2. The SMILES string of the molecule is CCOc1ccc(Nc2nc(C(=O)Nc3ccccc3)cs2)cc1. The Morgan fingerprint density at radius 2 is 1.83 bits per heavy atom. The van der Waals surface area contributed by atoms with Gasteiger partial charge in [-0.05, 0) is 43.3 Å². The van der Waals surface area contributed by atoms with Gasteiger partial charge in [0.05, 0.1) is 6.61 Å². The molecule has 3 aromatic rings. The summed E-state index contributed by atoms with van der Waals surface area (Å²) in [6, 6.07) is 16.9. The Morgan fingerprint density at radius 3 is 2.54 bits per heavy atom. The zero-order valence-corrected chi connectivity index (χ0v) is 14.0. The topological polar surface area (TPSA) is 63.2 Å². The van der Waals surface area contributed by atoms with E-state index in [9.17, 15) is 4.79 Å². The fourth-order valence-corrected chi connectivity index (χ4v) is 2.79. The Bertz CT molecular complexity index is 801. The summed E-state index contributed by atoms with van der Waals surface area (Å²) in [6.45, 7) is 2.59. The number of hydrogen-bond donors (Lipinski definition) is 2. The largest absolute Gasteiger partial charge is 0.494 e. The average molecular weight is 339 g/mol. The number of anilines is 3. The van der Waals surface area contributed by atoms with Gasteiger partial charge in [-0.15, -0.1) is 11.3 Å². The van der Waals surface area contributed by atoms with Crippen LogP contribution >= 0.6 is 11.3 Å². The van der Waals surface area contributed by atoms with Crippen molar-refractivity contribution in [2.24, 2.45) is 0 Å². The molecule has 0 aliphatic carbocycles. The number of carbonyl (C=O) groups is 1. The quantitative estimate of drug-likeness (QED) is 0.692. The summed E-state index contributed by atoms with van der Waals surface area (Å²) in [5.41, 5.74) is 2.02. The van der Waals surface area contributed by atoms with Crippen LogP contribution in [0.2, 0.25) is 0 Å². The van der Waals surface area contributed by atoms with Crippen LogP contribution in [0.5, 0.6) is 5.75 Å². The molecule has 0 bridgehead atoms. The normalized spacial score (nSPS) is 10.2. The minimum absolute atomic E-state index is 0.225. The van der Waals surface area contributed by atoms with Crippen LogP contribution in [0.15, 0.2) is 60.0 Å². The van der Waals surface area contributed by atoms with E-state index in [1.54, 1.807) is 5.38 Å². The van der Waals surface area contributed by atoms with Crippen molar-refractivity contribution >= 4 is 33.8 Å². The first-order valence-electron chi connectivity index (χ1n) is 7.56. The van der Waals surface area contributed by atoms with Gasteiger partial charge in [0.1, 0.15) is 11.4 Å². The highest BCUT2D eigenvalue weighted by Gasteiger charge is 2.11. The predicted octanol–water partition coefficient (Wildman–Crippen LogP) is 4.54. The fraction of sp³-hybridized carbons (Fsp3) is 0.111. The van der Waals surface area contributed by atoms with Gasteiger partial charge in [0, 0.05) is 16.8 Å². The Morgan fingerprint density at radius 1 is 1.08 bits per heavy atom. The maximum absolute atomic E-state index is 12.2. The lowest BCUT2D eigenvalue weighted by Gasteiger charge is -2.05. The first-order chi connectivity index (χ1) is 11.7. The highest BCUT2D eigenvalue weighted by Crippen LogP contribution is 2.23. The third kappa shape index (κ3) is 4.11. The van der Waals surface area contributed by atoms with Crippen LogP contribution < -0.4 is 15.4 Å². The van der Waals surface area contributed by atoms with Gasteiger partial charge in [0.25, 0.3) is 5.91 Å². The summed E-state index contributed by atoms with van der Waals surface area (Å²) in [5, 5.41) is 8.40. The molecule has 6 heteroatoms. The summed E-state index contributed by atoms with van der Waals surface area (Å²) in [4.78, 5) is 16.5. The van der Waals surface area contributed by atoms with E-state index in [1.165, 1.54) is 11.3 Å². The van der Waals surface area contributed by atoms with Crippen LogP contribution in [0.1, 0.15) is 17.4 Å². The number of rotatable bonds is 6. The second kappa shape index (κ2) is 7.61. The molecular weight excluding hydrogens is 322 g/mol. The van der Waals surface area contributed by atoms with Crippen LogP contribution in [-0.4, -0.2) is 17.5 Å². The monoisotopic (exact) mass is 339 g/mol. The van der Waals surface area contributed by atoms with E-state index in [4.69, 9.17) is 4.74 Å². The van der Waals surface area contributed by atoms with Gasteiger partial charge < -0.3 is 15.4 Å². The Balaban J connectivity index is 1.63. The molecule has 1 amide bonds. The number of benzene rings is 2. The maximum Gasteiger partial charge on any atom is 0.275 e. The van der Waals surface area contributed by atoms with Crippen molar-refractivity contribution in [3.05, 3.63) is 65.7 Å². The smallest absolute Gasteiger partial charge is 0.275 e. The molecule has 24 heavy (non-hydrogen) atoms. The highest BCUT2D eigenvalue weighted by atomic mass is 32.1. The molecule has 0 saturated heterocycles. The summed E-state index contributed by atoms with van der Waals surface area (Å²) in [7, 11) is 0. The van der Waals surface area contributed by atoms with E-state index < -0.39 is 0 Å². The van der Waals surface area contributed by atoms with Crippen LogP contribution in [0, 0.1) is 0 Å². The zero-order chi connectivity index (χ0) is 16.8. The number of thiazole rings is 1. The van der Waals surface area contributed by atoms with Crippen LogP contribution in [0.3, 0.4) is 0 Å². The summed E-state index contributed by atoms with van der Waals surface area (Å²) >= 11 is 1.38. The Labute approximate surface area is 144 Å². The number of nitrogens with zero attached hydrogens (tertiary/aromatic N) is 1. The lowest BCUT2D eigenvalue weighted by molar-refractivity contribution is 0.102. The molecular formula is C18H17N3O2S. The highest BCUT2D eigenvalue weighted by molar-refractivity contribution is 7.14. The minimum Gasteiger partial charge on any atom is -0.494 e. The van der Waals surface area contributed by atoms with E-state index >= 15 is 0 Å². The Hall–Kier alpha value is -2.86. The summed E-state index contributed by atoms with van der Waals surface area (Å²) in [6.07, 6.45) is 0. The van der Waals surface area contributed by atoms with Crippen molar-refractivity contribution in [1.29, 1.82) is 0 Å². The number of aromatic nitrogens is 1. The van der Waals surface area contributed by atoms with Crippen molar-refractivity contribution < 1.29 is 9.53 Å². The fourth-order valence-electron chi connectivity index (χ4n) is 2.08. The van der Waals surface area contributed by atoms with E-state index in [2.05, 4.69) is 15.6 Å². The van der Waals surface area contributed by atoms with E-state index in [-0.39, 0.29) is 5.91 Å². The zero-order valence-electron chi connectivity index (χ0n) is 13.2. The molecule has 0 fully saturated rings. The number of amides is 1. The van der Waals surface area contributed by atoms with Crippen LogP contribution in [0.25, 0.3) is 0 Å². The average Bonchev–Trinajstić information content (AvgIpc) is 3.06. The van der Waals surface area contributed by atoms with Gasteiger partial charge in [0.2, 0.25) is 0 Å². The second-order valence-corrected chi connectivity index (χ2v) is 5.80.